The van der Waals surface area contributed by atoms with E-state index < -0.39 is 0 Å². The maximum Gasteiger partial charge on any atom is 0.0865 e. The maximum absolute atomic E-state index is 6.10. The van der Waals surface area contributed by atoms with Gasteiger partial charge >= 0.3 is 0 Å². The second kappa shape index (κ2) is 5.64. The predicted molar refractivity (Wildman–Crippen MR) is 78.4 cm³/mol. The van der Waals surface area contributed by atoms with Crippen LogP contribution in [0.25, 0.3) is 0 Å². The Balaban J connectivity index is 1.73. The molecule has 1 heterocycles. The quantitative estimate of drug-likeness (QED) is 0.893. The zero-order chi connectivity index (χ0) is 13.2. The largest absolute Gasteiger partial charge is 0.373 e. The van der Waals surface area contributed by atoms with Gasteiger partial charge in [0.1, 0.15) is 0 Å². The van der Waals surface area contributed by atoms with E-state index in [1.165, 1.54) is 42.4 Å². The van der Waals surface area contributed by atoms with E-state index >= 15 is 0 Å². The predicted octanol–water partition coefficient (Wildman–Crippen LogP) is 3.52. The first-order valence-electron chi connectivity index (χ1n) is 7.65. The molecule has 2 nitrogen and oxygen atoms in total. The molecule has 1 aromatic rings. The van der Waals surface area contributed by atoms with E-state index in [4.69, 9.17) is 4.74 Å². The van der Waals surface area contributed by atoms with Gasteiger partial charge < -0.3 is 10.1 Å². The van der Waals surface area contributed by atoms with E-state index in [0.29, 0.717) is 12.0 Å². The minimum atomic E-state index is 0.290. The Morgan fingerprint density at radius 3 is 2.53 bits per heavy atom. The molecule has 2 unspecified atom stereocenters. The fraction of sp³-hybridized carbons (Fsp3) is 0.647. The highest BCUT2D eigenvalue weighted by atomic mass is 16.5. The van der Waals surface area contributed by atoms with Crippen molar-refractivity contribution in [2.75, 3.05) is 13.2 Å². The first-order valence-corrected chi connectivity index (χ1v) is 7.65. The van der Waals surface area contributed by atoms with Crippen molar-refractivity contribution in [1.82, 2.24) is 5.32 Å². The molecule has 2 aliphatic rings. The molecule has 1 aliphatic carbocycles. The van der Waals surface area contributed by atoms with Crippen molar-refractivity contribution in [2.45, 2.75) is 51.7 Å². The van der Waals surface area contributed by atoms with E-state index in [1.807, 2.05) is 0 Å². The first kappa shape index (κ1) is 13.1. The van der Waals surface area contributed by atoms with Gasteiger partial charge in [-0.15, -0.1) is 0 Å². The minimum absolute atomic E-state index is 0.290. The van der Waals surface area contributed by atoms with E-state index in [0.717, 1.165) is 19.2 Å². The van der Waals surface area contributed by atoms with Gasteiger partial charge in [-0.3, -0.25) is 0 Å². The Morgan fingerprint density at radius 2 is 1.84 bits per heavy atom. The minimum Gasteiger partial charge on any atom is -0.373 e. The van der Waals surface area contributed by atoms with Gasteiger partial charge in [0, 0.05) is 25.1 Å². The molecule has 0 spiro atoms. The molecule has 0 bridgehead atoms. The summed E-state index contributed by atoms with van der Waals surface area (Å²) in [5, 5.41) is 3.68. The third kappa shape index (κ3) is 3.37. The molecule has 104 valence electrons. The average molecular weight is 259 g/mol. The van der Waals surface area contributed by atoms with E-state index in [1.54, 1.807) is 0 Å². The molecule has 1 N–H and O–H groups in total. The number of benzene rings is 1. The molecule has 1 saturated carbocycles. The zero-order valence-corrected chi connectivity index (χ0v) is 12.1. The Morgan fingerprint density at radius 1 is 1.11 bits per heavy atom. The van der Waals surface area contributed by atoms with Crippen LogP contribution in [-0.4, -0.2) is 19.2 Å². The summed E-state index contributed by atoms with van der Waals surface area (Å²) in [4.78, 5) is 0. The third-order valence-electron chi connectivity index (χ3n) is 4.26. The molecule has 2 atom stereocenters. The van der Waals surface area contributed by atoms with Gasteiger partial charge in [0.25, 0.3) is 0 Å². The van der Waals surface area contributed by atoms with Crippen molar-refractivity contribution < 1.29 is 4.74 Å². The molecule has 0 aromatic heterocycles. The summed E-state index contributed by atoms with van der Waals surface area (Å²) in [7, 11) is 0. The molecule has 2 fully saturated rings. The maximum atomic E-state index is 6.10. The van der Waals surface area contributed by atoms with Crippen molar-refractivity contribution in [3.63, 3.8) is 0 Å². The molecule has 0 radical (unpaired) electrons. The molecule has 1 aliphatic heterocycles. The Hall–Kier alpha value is -0.860. The number of aryl methyl sites for hydroxylation is 2. The highest BCUT2D eigenvalue weighted by Gasteiger charge is 2.29. The summed E-state index contributed by atoms with van der Waals surface area (Å²) in [5.41, 5.74) is 4.07. The van der Waals surface area contributed by atoms with Crippen LogP contribution in [0, 0.1) is 19.8 Å². The highest BCUT2D eigenvalue weighted by Crippen LogP contribution is 2.34. The van der Waals surface area contributed by atoms with E-state index in [-0.39, 0.29) is 0 Å². The summed E-state index contributed by atoms with van der Waals surface area (Å²) in [6, 6.07) is 7.63. The van der Waals surface area contributed by atoms with Crippen LogP contribution < -0.4 is 5.32 Å². The van der Waals surface area contributed by atoms with Gasteiger partial charge in [0.05, 0.1) is 6.10 Å². The summed E-state index contributed by atoms with van der Waals surface area (Å²) in [5.74, 6) is 0.635. The van der Waals surface area contributed by atoms with Crippen LogP contribution in [0.1, 0.15) is 48.5 Å². The van der Waals surface area contributed by atoms with Gasteiger partial charge in [-0.25, -0.2) is 0 Å². The average Bonchev–Trinajstić information content (AvgIpc) is 3.19. The summed E-state index contributed by atoms with van der Waals surface area (Å²) in [6.07, 6.45) is 5.51. The van der Waals surface area contributed by atoms with Crippen molar-refractivity contribution in [3.8, 4) is 0 Å². The Bertz CT molecular complexity index is 419. The summed E-state index contributed by atoms with van der Waals surface area (Å²) >= 11 is 0. The lowest BCUT2D eigenvalue weighted by atomic mass is 9.88. The SMILES string of the molecule is Cc1cc(C)cc(C2OCCCC2CNC2CC2)c1. The lowest BCUT2D eigenvalue weighted by molar-refractivity contribution is -0.0279. The summed E-state index contributed by atoms with van der Waals surface area (Å²) in [6.45, 7) is 6.38. The van der Waals surface area contributed by atoms with Crippen LogP contribution in [0.15, 0.2) is 18.2 Å². The second-order valence-corrected chi connectivity index (χ2v) is 6.30. The van der Waals surface area contributed by atoms with Crippen molar-refractivity contribution in [1.29, 1.82) is 0 Å². The number of ether oxygens (including phenoxy) is 1. The zero-order valence-electron chi connectivity index (χ0n) is 12.1. The lowest BCUT2D eigenvalue weighted by Gasteiger charge is -2.32. The molecule has 3 rings (SSSR count). The Labute approximate surface area is 116 Å². The molecule has 1 aromatic carbocycles. The molecule has 0 amide bonds. The number of hydrogen-bond donors (Lipinski definition) is 1. The molecule has 2 heteroatoms. The highest BCUT2D eigenvalue weighted by molar-refractivity contribution is 5.30. The Kier molecular flexibility index (Phi) is 3.90. The monoisotopic (exact) mass is 259 g/mol. The number of nitrogens with one attached hydrogen (secondary N) is 1. The standard InChI is InChI=1S/C17H25NO/c1-12-8-13(2)10-15(9-12)17-14(4-3-7-19-17)11-18-16-5-6-16/h8-10,14,16-18H,3-7,11H2,1-2H3. The molecule has 19 heavy (non-hydrogen) atoms. The van der Waals surface area contributed by atoms with Crippen molar-refractivity contribution in [2.24, 2.45) is 5.92 Å². The molecular formula is C17H25NO. The smallest absolute Gasteiger partial charge is 0.0865 e. The van der Waals surface area contributed by atoms with Crippen LogP contribution in [0.2, 0.25) is 0 Å². The molecule has 1 saturated heterocycles. The second-order valence-electron chi connectivity index (χ2n) is 6.30. The lowest BCUT2D eigenvalue weighted by Crippen LogP contribution is -2.33. The number of hydrogen-bond acceptors (Lipinski definition) is 2. The van der Waals surface area contributed by atoms with Crippen LogP contribution in [0.5, 0.6) is 0 Å². The van der Waals surface area contributed by atoms with Gasteiger partial charge in [0.2, 0.25) is 0 Å². The molecular weight excluding hydrogens is 234 g/mol. The van der Waals surface area contributed by atoms with Crippen LogP contribution in [-0.2, 0) is 4.74 Å². The fourth-order valence-corrected chi connectivity index (χ4v) is 3.20. The summed E-state index contributed by atoms with van der Waals surface area (Å²) < 4.78 is 6.10. The van der Waals surface area contributed by atoms with Crippen LogP contribution in [0.3, 0.4) is 0 Å². The van der Waals surface area contributed by atoms with Crippen molar-refractivity contribution in [3.05, 3.63) is 34.9 Å². The number of rotatable bonds is 4. The van der Waals surface area contributed by atoms with E-state index in [2.05, 4.69) is 37.4 Å². The third-order valence-corrected chi connectivity index (χ3v) is 4.26. The fourth-order valence-electron chi connectivity index (χ4n) is 3.20. The normalized spacial score (nSPS) is 27.5. The first-order chi connectivity index (χ1) is 9.22. The van der Waals surface area contributed by atoms with Gasteiger partial charge in [-0.1, -0.05) is 29.3 Å². The van der Waals surface area contributed by atoms with E-state index in [9.17, 15) is 0 Å². The van der Waals surface area contributed by atoms with Gasteiger partial charge in [-0.2, -0.15) is 0 Å². The van der Waals surface area contributed by atoms with Gasteiger partial charge in [-0.05, 0) is 45.1 Å². The van der Waals surface area contributed by atoms with Crippen LogP contribution >= 0.6 is 0 Å². The van der Waals surface area contributed by atoms with Crippen LogP contribution in [0.4, 0.5) is 0 Å². The topological polar surface area (TPSA) is 21.3 Å². The van der Waals surface area contributed by atoms with Crippen molar-refractivity contribution >= 4 is 0 Å². The van der Waals surface area contributed by atoms with Gasteiger partial charge in [0.15, 0.2) is 0 Å².